The largest absolute Gasteiger partial charge is 0.354 e. The summed E-state index contributed by atoms with van der Waals surface area (Å²) in [6.07, 6.45) is 0. The van der Waals surface area contributed by atoms with Crippen LogP contribution in [0, 0.1) is 0 Å². The number of rotatable bonds is 6. The zero-order valence-electron chi connectivity index (χ0n) is 12.0. The molecule has 1 aromatic carbocycles. The number of aromatic nitrogens is 2. The third kappa shape index (κ3) is 4.84. The van der Waals surface area contributed by atoms with Gasteiger partial charge in [0.15, 0.2) is 0 Å². The summed E-state index contributed by atoms with van der Waals surface area (Å²) in [5.74, 6) is 1.01. The van der Waals surface area contributed by atoms with Crippen molar-refractivity contribution in [1.82, 2.24) is 20.8 Å². The van der Waals surface area contributed by atoms with Crippen LogP contribution < -0.4 is 10.6 Å². The maximum Gasteiger partial charge on any atom is 0.233 e. The van der Waals surface area contributed by atoms with Crippen LogP contribution in [0.1, 0.15) is 18.7 Å². The van der Waals surface area contributed by atoms with Crippen molar-refractivity contribution in [2.75, 3.05) is 20.1 Å². The molecule has 1 unspecified atom stereocenters. The average molecular weight is 311 g/mol. The number of hydrogen-bond acceptors (Lipinski definition) is 5. The van der Waals surface area contributed by atoms with Crippen molar-refractivity contribution >= 4 is 18.3 Å². The Hall–Kier alpha value is -1.92. The number of likely N-dealkylation sites (N-methyl/N-ethyl adjacent to an activating group) is 1. The molecule has 1 amide bonds. The first-order chi connectivity index (χ1) is 9.70. The van der Waals surface area contributed by atoms with Crippen molar-refractivity contribution in [2.45, 2.75) is 12.8 Å². The van der Waals surface area contributed by atoms with Gasteiger partial charge in [0, 0.05) is 12.1 Å². The average Bonchev–Trinajstić information content (AvgIpc) is 2.96. The van der Waals surface area contributed by atoms with Gasteiger partial charge in [0.1, 0.15) is 0 Å². The topological polar surface area (TPSA) is 80.0 Å². The lowest BCUT2D eigenvalue weighted by Crippen LogP contribution is -2.34. The lowest BCUT2D eigenvalue weighted by molar-refractivity contribution is -0.120. The predicted octanol–water partition coefficient (Wildman–Crippen LogP) is 1.60. The second-order valence-corrected chi connectivity index (χ2v) is 4.56. The molecular formula is C14H19ClN4O2. The van der Waals surface area contributed by atoms with Crippen LogP contribution >= 0.6 is 12.4 Å². The van der Waals surface area contributed by atoms with Gasteiger partial charge < -0.3 is 15.2 Å². The molecule has 0 saturated carbocycles. The fraction of sp³-hybridized carbons (Fsp3) is 0.357. The lowest BCUT2D eigenvalue weighted by atomic mass is 10.2. The minimum absolute atomic E-state index is 0. The molecule has 0 saturated heterocycles. The Morgan fingerprint density at radius 2 is 2.05 bits per heavy atom. The zero-order valence-corrected chi connectivity index (χ0v) is 12.8. The van der Waals surface area contributed by atoms with E-state index < -0.39 is 0 Å². The van der Waals surface area contributed by atoms with Gasteiger partial charge in [-0.1, -0.05) is 42.4 Å². The number of nitrogens with zero attached hydrogens (tertiary/aromatic N) is 2. The number of halogens is 1. The molecule has 1 aromatic heterocycles. The molecule has 114 valence electrons. The van der Waals surface area contributed by atoms with Crippen molar-refractivity contribution in [3.63, 3.8) is 0 Å². The van der Waals surface area contributed by atoms with Gasteiger partial charge in [-0.15, -0.1) is 12.4 Å². The van der Waals surface area contributed by atoms with Crippen LogP contribution in [0.2, 0.25) is 0 Å². The normalized spacial score (nSPS) is 11.5. The second-order valence-electron chi connectivity index (χ2n) is 4.56. The first-order valence-electron chi connectivity index (χ1n) is 6.51. The van der Waals surface area contributed by atoms with Crippen molar-refractivity contribution < 1.29 is 9.32 Å². The van der Waals surface area contributed by atoms with Crippen LogP contribution in [-0.2, 0) is 4.79 Å². The summed E-state index contributed by atoms with van der Waals surface area (Å²) in [5, 5.41) is 9.55. The molecule has 0 aliphatic heterocycles. The molecule has 21 heavy (non-hydrogen) atoms. The van der Waals surface area contributed by atoms with E-state index in [0.29, 0.717) is 24.8 Å². The molecule has 0 aliphatic carbocycles. The van der Waals surface area contributed by atoms with Crippen LogP contribution in [0.4, 0.5) is 0 Å². The van der Waals surface area contributed by atoms with E-state index in [-0.39, 0.29) is 24.2 Å². The summed E-state index contributed by atoms with van der Waals surface area (Å²) < 4.78 is 5.25. The van der Waals surface area contributed by atoms with Crippen LogP contribution in [0.15, 0.2) is 34.9 Å². The van der Waals surface area contributed by atoms with Crippen molar-refractivity contribution in [3.8, 4) is 11.4 Å². The highest BCUT2D eigenvalue weighted by Crippen LogP contribution is 2.18. The molecule has 0 aliphatic rings. The summed E-state index contributed by atoms with van der Waals surface area (Å²) in [6.45, 7) is 2.70. The minimum Gasteiger partial charge on any atom is -0.354 e. The maximum absolute atomic E-state index is 11.4. The Morgan fingerprint density at radius 3 is 2.71 bits per heavy atom. The van der Waals surface area contributed by atoms with E-state index in [9.17, 15) is 4.79 Å². The third-order valence-corrected chi connectivity index (χ3v) is 2.84. The summed E-state index contributed by atoms with van der Waals surface area (Å²) in [5.41, 5.74) is 0.911. The quantitative estimate of drug-likeness (QED) is 0.847. The zero-order chi connectivity index (χ0) is 14.4. The molecule has 0 bridgehead atoms. The van der Waals surface area contributed by atoms with Gasteiger partial charge in [0.25, 0.3) is 0 Å². The molecule has 1 atom stereocenters. The molecule has 7 heteroatoms. The number of nitrogens with one attached hydrogen (secondary N) is 2. The highest BCUT2D eigenvalue weighted by molar-refractivity contribution is 5.85. The Bertz CT molecular complexity index is 559. The van der Waals surface area contributed by atoms with E-state index in [2.05, 4.69) is 20.8 Å². The Kier molecular flexibility index (Phi) is 6.84. The monoisotopic (exact) mass is 310 g/mol. The van der Waals surface area contributed by atoms with Crippen LogP contribution in [0.5, 0.6) is 0 Å². The van der Waals surface area contributed by atoms with E-state index in [1.807, 2.05) is 37.3 Å². The minimum atomic E-state index is -0.0536. The molecular weight excluding hydrogens is 292 g/mol. The van der Waals surface area contributed by atoms with Crippen molar-refractivity contribution in [3.05, 3.63) is 36.2 Å². The summed E-state index contributed by atoms with van der Waals surface area (Å²) in [7, 11) is 1.73. The van der Waals surface area contributed by atoms with Crippen LogP contribution in [0.25, 0.3) is 11.4 Å². The number of hydrogen-bond donors (Lipinski definition) is 2. The number of amides is 1. The van der Waals surface area contributed by atoms with E-state index >= 15 is 0 Å². The Labute approximate surface area is 129 Å². The predicted molar refractivity (Wildman–Crippen MR) is 82.3 cm³/mol. The standard InChI is InChI=1S/C14H18N4O2.ClH/c1-10(8-16-12(19)9-15-2)14-17-13(18-20-14)11-6-4-3-5-7-11;/h3-7,10,15H,8-9H2,1-2H3,(H,16,19);1H. The van der Waals surface area contributed by atoms with Gasteiger partial charge in [-0.2, -0.15) is 4.98 Å². The molecule has 0 radical (unpaired) electrons. The third-order valence-electron chi connectivity index (χ3n) is 2.84. The fourth-order valence-corrected chi connectivity index (χ4v) is 1.72. The van der Waals surface area contributed by atoms with Gasteiger partial charge in [0.2, 0.25) is 17.6 Å². The van der Waals surface area contributed by atoms with Crippen molar-refractivity contribution in [2.24, 2.45) is 0 Å². The molecule has 2 N–H and O–H groups in total. The highest BCUT2D eigenvalue weighted by Gasteiger charge is 2.15. The Morgan fingerprint density at radius 1 is 1.33 bits per heavy atom. The van der Waals surface area contributed by atoms with Gasteiger partial charge in [-0.25, -0.2) is 0 Å². The van der Waals surface area contributed by atoms with E-state index in [1.54, 1.807) is 7.05 Å². The van der Waals surface area contributed by atoms with Crippen LogP contribution in [-0.4, -0.2) is 36.2 Å². The molecule has 0 fully saturated rings. The van der Waals surface area contributed by atoms with Gasteiger partial charge in [-0.3, -0.25) is 4.79 Å². The van der Waals surface area contributed by atoms with Gasteiger partial charge in [-0.05, 0) is 7.05 Å². The van der Waals surface area contributed by atoms with E-state index in [1.165, 1.54) is 0 Å². The summed E-state index contributed by atoms with van der Waals surface area (Å²) in [6, 6.07) is 9.63. The number of carbonyl (C=O) groups is 1. The van der Waals surface area contributed by atoms with Crippen molar-refractivity contribution in [1.29, 1.82) is 0 Å². The smallest absolute Gasteiger partial charge is 0.233 e. The number of carbonyl (C=O) groups excluding carboxylic acids is 1. The number of benzene rings is 1. The lowest BCUT2D eigenvalue weighted by Gasteiger charge is -2.08. The maximum atomic E-state index is 11.4. The van der Waals surface area contributed by atoms with E-state index in [0.717, 1.165) is 5.56 Å². The fourth-order valence-electron chi connectivity index (χ4n) is 1.72. The van der Waals surface area contributed by atoms with Crippen LogP contribution in [0.3, 0.4) is 0 Å². The Balaban J connectivity index is 0.00000220. The first-order valence-corrected chi connectivity index (χ1v) is 6.51. The summed E-state index contributed by atoms with van der Waals surface area (Å²) in [4.78, 5) is 15.7. The second kappa shape index (κ2) is 8.39. The molecule has 6 nitrogen and oxygen atoms in total. The highest BCUT2D eigenvalue weighted by atomic mass is 35.5. The van der Waals surface area contributed by atoms with E-state index in [4.69, 9.17) is 4.52 Å². The van der Waals surface area contributed by atoms with Gasteiger partial charge >= 0.3 is 0 Å². The van der Waals surface area contributed by atoms with Gasteiger partial charge in [0.05, 0.1) is 12.5 Å². The first kappa shape index (κ1) is 17.1. The summed E-state index contributed by atoms with van der Waals surface area (Å²) >= 11 is 0. The molecule has 0 spiro atoms. The molecule has 2 aromatic rings. The SMILES string of the molecule is CNCC(=O)NCC(C)c1nc(-c2ccccc2)no1.Cl. The molecule has 2 rings (SSSR count). The molecule has 1 heterocycles.